The minimum atomic E-state index is -4.94. The molecule has 56 heavy (non-hydrogen) atoms. The molecule has 0 unspecified atom stereocenters. The zero-order valence-electron chi connectivity index (χ0n) is 30.5. The number of aliphatic imine (C=N–C) groups is 2. The molecule has 7 rings (SSSR count). The Bertz CT molecular complexity index is 2300. The molecule has 14 nitrogen and oxygen atoms in total. The van der Waals surface area contributed by atoms with Gasteiger partial charge in [0.1, 0.15) is 12.4 Å². The maximum atomic E-state index is 8.49. The van der Waals surface area contributed by atoms with Crippen LogP contribution in [-0.2, 0) is 0 Å². The van der Waals surface area contributed by atoms with E-state index in [1.165, 1.54) is 22.3 Å². The topological polar surface area (TPSA) is 241 Å². The van der Waals surface area contributed by atoms with E-state index in [9.17, 15) is 0 Å². The van der Waals surface area contributed by atoms with E-state index in [-0.39, 0.29) is 0 Å². The molecule has 0 saturated heterocycles. The zero-order chi connectivity index (χ0) is 40.6. The van der Waals surface area contributed by atoms with Gasteiger partial charge in [0, 0.05) is 35.0 Å². The second-order valence-electron chi connectivity index (χ2n) is 12.5. The van der Waals surface area contributed by atoms with Crippen molar-refractivity contribution in [2.24, 2.45) is 9.98 Å². The van der Waals surface area contributed by atoms with Crippen LogP contribution in [-0.4, -0.2) is 12.4 Å². The summed E-state index contributed by atoms with van der Waals surface area (Å²) in [7, 11) is -9.89. The number of para-hydroxylation sites is 2. The lowest BCUT2D eigenvalue weighted by molar-refractivity contribution is -2.00. The van der Waals surface area contributed by atoms with Crippen LogP contribution in [0.1, 0.15) is 22.3 Å². The number of hydrogen-bond acceptors (Lipinski definition) is 12. The number of hydrogen-bond donors (Lipinski definition) is 2. The highest BCUT2D eigenvalue weighted by atomic mass is 35.7. The van der Waals surface area contributed by atoms with E-state index < -0.39 is 20.5 Å². The predicted molar refractivity (Wildman–Crippen MR) is 192 cm³/mol. The van der Waals surface area contributed by atoms with Crippen molar-refractivity contribution in [3.8, 4) is 0 Å². The first-order valence-corrected chi connectivity index (χ1v) is 19.2. The van der Waals surface area contributed by atoms with Crippen LogP contribution in [0, 0.1) is 48.2 Å². The molecular weight excluding hydrogens is 763 g/mol. The van der Waals surface area contributed by atoms with Crippen molar-refractivity contribution in [3.63, 3.8) is 0 Å². The molecule has 6 aromatic rings. The molecule has 0 spiro atoms. The quantitative estimate of drug-likeness (QED) is 0.207. The van der Waals surface area contributed by atoms with Gasteiger partial charge in [-0.2, -0.15) is 9.13 Å². The van der Waals surface area contributed by atoms with Crippen molar-refractivity contribution in [1.82, 2.24) is 0 Å². The third kappa shape index (κ3) is 11.7. The van der Waals surface area contributed by atoms with E-state index >= 15 is 0 Å². The summed E-state index contributed by atoms with van der Waals surface area (Å²) in [6.07, 6.45) is 12.0. The van der Waals surface area contributed by atoms with Gasteiger partial charge in [-0.1, -0.05) is 24.3 Å². The molecule has 0 fully saturated rings. The first-order valence-electron chi connectivity index (χ1n) is 16.7. The zero-order valence-corrected chi connectivity index (χ0v) is 32.0. The molecular formula is C40H36Cl2N6O8. The minimum Gasteiger partial charge on any atom is -0.354 e. The van der Waals surface area contributed by atoms with E-state index in [2.05, 4.69) is 157 Å². The summed E-state index contributed by atoms with van der Waals surface area (Å²) >= 11 is 0. The Morgan fingerprint density at radius 1 is 0.464 bits per heavy atom. The summed E-state index contributed by atoms with van der Waals surface area (Å²) < 4.78 is 72.3. The number of aromatic nitrogens is 2. The van der Waals surface area contributed by atoms with Crippen LogP contribution in [0.3, 0.4) is 0 Å². The number of allylic oxidation sites excluding steroid dienone is 2. The number of anilines is 2. The molecule has 3 heterocycles. The smallest absolute Gasteiger partial charge is 0.245 e. The minimum absolute atomic E-state index is 0.842. The van der Waals surface area contributed by atoms with E-state index in [1.807, 2.05) is 24.8 Å². The maximum Gasteiger partial charge on any atom is 0.245 e. The van der Waals surface area contributed by atoms with Crippen molar-refractivity contribution in [3.05, 3.63) is 144 Å². The van der Waals surface area contributed by atoms with Crippen molar-refractivity contribution in [2.45, 2.75) is 27.7 Å². The fourth-order valence-electron chi connectivity index (χ4n) is 5.73. The largest absolute Gasteiger partial charge is 0.354 e. The predicted octanol–water partition coefficient (Wildman–Crippen LogP) is -0.771. The number of nitrogens with zero attached hydrogens (tertiary/aromatic N) is 4. The lowest BCUT2D eigenvalue weighted by Crippen LogP contribution is -2.68. The summed E-state index contributed by atoms with van der Waals surface area (Å²) in [6.45, 7) is 8.49. The van der Waals surface area contributed by atoms with Gasteiger partial charge in [0.15, 0.2) is 12.4 Å². The van der Waals surface area contributed by atoms with Gasteiger partial charge in [0.2, 0.25) is 22.4 Å². The molecule has 0 aliphatic carbocycles. The molecule has 1 aliphatic heterocycles. The second kappa shape index (κ2) is 17.9. The summed E-state index contributed by atoms with van der Waals surface area (Å²) in [5.41, 5.74) is 12.2. The van der Waals surface area contributed by atoms with Crippen LogP contribution < -0.4 is 57.0 Å². The monoisotopic (exact) mass is 798 g/mol. The Morgan fingerprint density at radius 2 is 0.786 bits per heavy atom. The highest BCUT2D eigenvalue weighted by molar-refractivity contribution is 6.03. The van der Waals surface area contributed by atoms with Crippen LogP contribution in [0.15, 0.2) is 132 Å². The summed E-state index contributed by atoms with van der Waals surface area (Å²) in [6, 6.07) is 33.7. The van der Waals surface area contributed by atoms with E-state index in [1.54, 1.807) is 0 Å². The van der Waals surface area contributed by atoms with Gasteiger partial charge in [0.05, 0.1) is 35.1 Å². The van der Waals surface area contributed by atoms with E-state index in [4.69, 9.17) is 47.3 Å². The van der Waals surface area contributed by atoms with Gasteiger partial charge < -0.3 is 10.6 Å². The molecule has 1 aliphatic rings. The van der Waals surface area contributed by atoms with E-state index in [0.29, 0.717) is 0 Å². The van der Waals surface area contributed by atoms with Gasteiger partial charge in [-0.3, -0.25) is 0 Å². The molecule has 0 bridgehead atoms. The highest BCUT2D eigenvalue weighted by Gasteiger charge is 2.17. The van der Waals surface area contributed by atoms with Crippen molar-refractivity contribution in [2.75, 3.05) is 10.6 Å². The number of nitrogens with one attached hydrogen (secondary N) is 2. The Kier molecular flexibility index (Phi) is 13.3. The van der Waals surface area contributed by atoms with Gasteiger partial charge in [0.25, 0.3) is 0 Å². The first-order chi connectivity index (χ1) is 26.4. The highest BCUT2D eigenvalue weighted by Crippen LogP contribution is 2.31. The summed E-state index contributed by atoms with van der Waals surface area (Å²) in [5, 5.41) is 9.49. The van der Waals surface area contributed by atoms with Gasteiger partial charge in [-0.15, -0.1) is 20.5 Å². The molecule has 0 atom stereocenters. The fraction of sp³-hybridized carbons (Fsp3) is 0.100. The normalized spacial score (nSPS) is 14.9. The van der Waals surface area contributed by atoms with E-state index in [0.717, 1.165) is 55.9 Å². The number of pyridine rings is 2. The van der Waals surface area contributed by atoms with Gasteiger partial charge in [-0.05, 0) is 98.5 Å². The molecule has 2 aromatic heterocycles. The van der Waals surface area contributed by atoms with Crippen LogP contribution in [0.2, 0.25) is 0 Å². The lowest BCUT2D eigenvalue weighted by atomic mass is 10.1. The van der Waals surface area contributed by atoms with Crippen molar-refractivity contribution >= 4 is 68.4 Å². The Labute approximate surface area is 326 Å². The molecule has 0 amide bonds. The molecule has 2 N–H and O–H groups in total. The van der Waals surface area contributed by atoms with Gasteiger partial charge >= 0.3 is 0 Å². The van der Waals surface area contributed by atoms with Gasteiger partial charge in [-0.25, -0.2) is 47.3 Å². The number of halogens is 2. The summed E-state index contributed by atoms with van der Waals surface area (Å²) in [4.78, 5) is 10.2. The van der Waals surface area contributed by atoms with Crippen LogP contribution in [0.5, 0.6) is 0 Å². The number of fused-ring (bicyclic) bond motifs is 4. The number of rotatable bonds is 2. The van der Waals surface area contributed by atoms with Crippen molar-refractivity contribution < 1.29 is 66.9 Å². The van der Waals surface area contributed by atoms with Crippen LogP contribution in [0.25, 0.3) is 33.2 Å². The third-order valence-electron chi connectivity index (χ3n) is 8.62. The lowest BCUT2D eigenvalue weighted by Gasteiger charge is -2.17. The Hall–Kier alpha value is -5.62. The van der Waals surface area contributed by atoms with Crippen LogP contribution in [0.4, 0.5) is 22.7 Å². The number of benzene rings is 4. The number of aryl methyl sites for hydroxylation is 4. The summed E-state index contributed by atoms with van der Waals surface area (Å²) in [5.74, 6) is 0. The Balaban J connectivity index is 0.000000536. The molecule has 4 aromatic carbocycles. The standard InChI is InChI=1S/C40H36N6.2ClHO4/c1-27-19-35-36(20-28(27)2)42-24-34(46-18-10-14-32-12-6-8-16-40(32)46)26-44-38-22-30(4)29(3)21-37(38)43-25-33(23-41-35)45-17-9-13-31-11-5-7-15-39(31)45;2*2-1(3,4)5/h5-26,41,44H,1-4H3;2*(H,2,3,4,5)/q+2;;/p-2/b33-23+,34-26+,42-24?,43-25?;;. The SMILES string of the molecule is Cc1cc2c(cc1C)N/C=C(/[n+]1cccc3ccccc31)C=Nc1cc(C)c(C)cc1N/C=C(/[n+]1cccc3ccccc31)C=N2.[O-][Cl+3]([O-])([O-])[O-].[O-][Cl+3]([O-])([O-])[O-]. The molecule has 0 radical (unpaired) electrons. The van der Waals surface area contributed by atoms with Crippen molar-refractivity contribution in [1.29, 1.82) is 0 Å². The first kappa shape index (κ1) is 41.5. The Morgan fingerprint density at radius 3 is 1.16 bits per heavy atom. The molecule has 16 heteroatoms. The fourth-order valence-corrected chi connectivity index (χ4v) is 5.73. The average molecular weight is 800 g/mol. The van der Waals surface area contributed by atoms with Crippen LogP contribution >= 0.6 is 0 Å². The second-order valence-corrected chi connectivity index (χ2v) is 14.0. The average Bonchev–Trinajstić information content (AvgIpc) is 3.13. The molecule has 288 valence electrons. The third-order valence-corrected chi connectivity index (χ3v) is 8.62. The maximum absolute atomic E-state index is 8.49. The molecule has 0 saturated carbocycles.